The number of hydrogen-bond donors (Lipinski definition) is 2. The van der Waals surface area contributed by atoms with E-state index in [2.05, 4.69) is 42.5 Å². The van der Waals surface area contributed by atoms with Gasteiger partial charge in [-0.15, -0.1) is 0 Å². The van der Waals surface area contributed by atoms with Crippen LogP contribution in [0.3, 0.4) is 0 Å². The van der Waals surface area contributed by atoms with Crippen LogP contribution in [0.5, 0.6) is 0 Å². The molecule has 0 aliphatic carbocycles. The Hall–Kier alpha value is -0.100. The fraction of sp³-hybridized carbons (Fsp3) is 0.800. The number of carbonyl (C=O) groups is 2. The topological polar surface area (TPSA) is 58.2 Å². The molecule has 0 spiro atoms. The number of alkyl halides is 2. The average Bonchev–Trinajstić information content (AvgIpc) is 2.21. The molecule has 2 N–H and O–H groups in total. The Kier molecular flexibility index (Phi) is 8.93. The molecule has 0 aliphatic heterocycles. The highest BCUT2D eigenvalue weighted by atomic mass is 79.9. The van der Waals surface area contributed by atoms with Crippen LogP contribution in [0.1, 0.15) is 26.7 Å². The smallest absolute Gasteiger partial charge is 0.233 e. The molecule has 6 heteroatoms. The zero-order chi connectivity index (χ0) is 12.6. The SMILES string of the molecule is CC(Br)C(=O)NCCCCNC(=O)C(C)Br. The van der Waals surface area contributed by atoms with Crippen LogP contribution >= 0.6 is 31.9 Å². The van der Waals surface area contributed by atoms with Gasteiger partial charge in [-0.3, -0.25) is 9.59 Å². The molecule has 0 fully saturated rings. The van der Waals surface area contributed by atoms with Crippen LogP contribution in [0.25, 0.3) is 0 Å². The zero-order valence-corrected chi connectivity index (χ0v) is 12.7. The monoisotopic (exact) mass is 356 g/mol. The Balaban J connectivity index is 3.35. The highest BCUT2D eigenvalue weighted by Gasteiger charge is 2.08. The molecule has 4 nitrogen and oxygen atoms in total. The molecule has 0 bridgehead atoms. The summed E-state index contributed by atoms with van der Waals surface area (Å²) in [6.07, 6.45) is 1.73. The maximum atomic E-state index is 11.1. The van der Waals surface area contributed by atoms with E-state index < -0.39 is 0 Å². The van der Waals surface area contributed by atoms with E-state index in [0.29, 0.717) is 13.1 Å². The quantitative estimate of drug-likeness (QED) is 0.536. The van der Waals surface area contributed by atoms with Crippen LogP contribution < -0.4 is 10.6 Å². The number of nitrogens with one attached hydrogen (secondary N) is 2. The van der Waals surface area contributed by atoms with Gasteiger partial charge >= 0.3 is 0 Å². The molecule has 0 aromatic rings. The van der Waals surface area contributed by atoms with Crippen molar-refractivity contribution in [3.63, 3.8) is 0 Å². The van der Waals surface area contributed by atoms with Crippen LogP contribution in [0, 0.1) is 0 Å². The second-order valence-electron chi connectivity index (χ2n) is 3.52. The minimum absolute atomic E-state index is 0.00174. The van der Waals surface area contributed by atoms with Crippen molar-refractivity contribution in [1.82, 2.24) is 10.6 Å². The van der Waals surface area contributed by atoms with Gasteiger partial charge in [0, 0.05) is 13.1 Å². The summed E-state index contributed by atoms with van der Waals surface area (Å²) in [4.78, 5) is 22.0. The first-order valence-electron chi connectivity index (χ1n) is 5.28. The van der Waals surface area contributed by atoms with E-state index >= 15 is 0 Å². The first kappa shape index (κ1) is 15.9. The molecular formula is C10H18Br2N2O2. The summed E-state index contributed by atoms with van der Waals surface area (Å²) in [5.41, 5.74) is 0. The lowest BCUT2D eigenvalue weighted by Crippen LogP contribution is -2.32. The Morgan fingerprint density at radius 3 is 1.50 bits per heavy atom. The second kappa shape index (κ2) is 8.98. The molecule has 2 amide bonds. The fourth-order valence-corrected chi connectivity index (χ4v) is 1.28. The van der Waals surface area contributed by atoms with Gasteiger partial charge in [-0.2, -0.15) is 0 Å². The summed E-state index contributed by atoms with van der Waals surface area (Å²) in [5.74, 6) is -0.00349. The molecule has 0 radical (unpaired) electrons. The number of rotatable bonds is 7. The summed E-state index contributed by atoms with van der Waals surface area (Å²) in [7, 11) is 0. The van der Waals surface area contributed by atoms with Crippen LogP contribution in [0.2, 0.25) is 0 Å². The number of hydrogen-bond acceptors (Lipinski definition) is 2. The number of halogens is 2. The van der Waals surface area contributed by atoms with Gasteiger partial charge in [0.25, 0.3) is 0 Å². The highest BCUT2D eigenvalue weighted by Crippen LogP contribution is 1.97. The van der Waals surface area contributed by atoms with Gasteiger partial charge in [-0.05, 0) is 26.7 Å². The first-order valence-corrected chi connectivity index (χ1v) is 7.12. The van der Waals surface area contributed by atoms with Crippen molar-refractivity contribution in [2.75, 3.05) is 13.1 Å². The molecule has 0 aliphatic rings. The predicted molar refractivity (Wildman–Crippen MR) is 72.0 cm³/mol. The van der Waals surface area contributed by atoms with Gasteiger partial charge in [-0.1, -0.05) is 31.9 Å². The third kappa shape index (κ3) is 8.10. The van der Waals surface area contributed by atoms with Crippen molar-refractivity contribution < 1.29 is 9.59 Å². The summed E-state index contributed by atoms with van der Waals surface area (Å²) >= 11 is 6.37. The first-order chi connectivity index (χ1) is 7.45. The highest BCUT2D eigenvalue weighted by molar-refractivity contribution is 9.10. The minimum atomic E-state index is -0.151. The van der Waals surface area contributed by atoms with Crippen LogP contribution in [-0.4, -0.2) is 34.6 Å². The lowest BCUT2D eigenvalue weighted by atomic mass is 10.3. The van der Waals surface area contributed by atoms with Crippen molar-refractivity contribution in [2.24, 2.45) is 0 Å². The lowest BCUT2D eigenvalue weighted by molar-refractivity contribution is -0.121. The van der Waals surface area contributed by atoms with E-state index in [0.717, 1.165) is 12.8 Å². The van der Waals surface area contributed by atoms with E-state index in [1.165, 1.54) is 0 Å². The van der Waals surface area contributed by atoms with Crippen molar-refractivity contribution >= 4 is 43.7 Å². The van der Waals surface area contributed by atoms with E-state index in [-0.39, 0.29) is 21.5 Å². The average molecular weight is 358 g/mol. The molecule has 0 saturated heterocycles. The fourth-order valence-electron chi connectivity index (χ4n) is 0.954. The molecule has 0 saturated carbocycles. The Bertz CT molecular complexity index is 209. The van der Waals surface area contributed by atoms with E-state index in [9.17, 15) is 9.59 Å². The number of unbranched alkanes of at least 4 members (excludes halogenated alkanes) is 1. The van der Waals surface area contributed by atoms with Crippen molar-refractivity contribution in [2.45, 2.75) is 36.3 Å². The largest absolute Gasteiger partial charge is 0.355 e. The van der Waals surface area contributed by atoms with E-state index in [1.807, 2.05) is 0 Å². The molecule has 94 valence electrons. The maximum Gasteiger partial charge on any atom is 0.233 e. The summed E-state index contributed by atoms with van der Waals surface area (Å²) in [5, 5.41) is 5.57. The molecule has 0 heterocycles. The van der Waals surface area contributed by atoms with Crippen molar-refractivity contribution in [3.8, 4) is 0 Å². The predicted octanol–water partition coefficient (Wildman–Crippen LogP) is 1.57. The zero-order valence-electron chi connectivity index (χ0n) is 9.56. The third-order valence-corrected chi connectivity index (χ3v) is 2.76. The summed E-state index contributed by atoms with van der Waals surface area (Å²) in [6, 6.07) is 0. The van der Waals surface area contributed by atoms with Crippen molar-refractivity contribution in [1.29, 1.82) is 0 Å². The molecular weight excluding hydrogens is 340 g/mol. The normalized spacial score (nSPS) is 14.0. The second-order valence-corrected chi connectivity index (χ2v) is 6.27. The number of carbonyl (C=O) groups excluding carboxylic acids is 2. The molecule has 16 heavy (non-hydrogen) atoms. The molecule has 2 atom stereocenters. The van der Waals surface area contributed by atoms with Gasteiger partial charge in [-0.25, -0.2) is 0 Å². The van der Waals surface area contributed by atoms with Crippen LogP contribution in [-0.2, 0) is 9.59 Å². The van der Waals surface area contributed by atoms with Gasteiger partial charge in [0.15, 0.2) is 0 Å². The van der Waals surface area contributed by atoms with Crippen LogP contribution in [0.15, 0.2) is 0 Å². The van der Waals surface area contributed by atoms with Gasteiger partial charge in [0.05, 0.1) is 9.65 Å². The lowest BCUT2D eigenvalue weighted by Gasteiger charge is -2.08. The Morgan fingerprint density at radius 2 is 1.25 bits per heavy atom. The maximum absolute atomic E-state index is 11.1. The molecule has 0 rings (SSSR count). The minimum Gasteiger partial charge on any atom is -0.355 e. The number of amides is 2. The third-order valence-electron chi connectivity index (χ3n) is 1.92. The van der Waals surface area contributed by atoms with E-state index in [1.54, 1.807) is 13.8 Å². The van der Waals surface area contributed by atoms with Crippen LogP contribution in [0.4, 0.5) is 0 Å². The van der Waals surface area contributed by atoms with Gasteiger partial charge < -0.3 is 10.6 Å². The standard InChI is InChI=1S/C10H18Br2N2O2/c1-7(11)9(15)13-5-3-4-6-14-10(16)8(2)12/h7-8H,3-6H2,1-2H3,(H,13,15)(H,14,16). The molecule has 0 aromatic heterocycles. The summed E-state index contributed by atoms with van der Waals surface area (Å²) < 4.78 is 0. The van der Waals surface area contributed by atoms with Gasteiger partial charge in [0.1, 0.15) is 0 Å². The molecule has 0 aromatic carbocycles. The van der Waals surface area contributed by atoms with Gasteiger partial charge in [0.2, 0.25) is 11.8 Å². The van der Waals surface area contributed by atoms with Crippen molar-refractivity contribution in [3.05, 3.63) is 0 Å². The Morgan fingerprint density at radius 1 is 0.938 bits per heavy atom. The summed E-state index contributed by atoms with van der Waals surface area (Å²) in [6.45, 7) is 4.86. The molecule has 2 unspecified atom stereocenters. The van der Waals surface area contributed by atoms with E-state index in [4.69, 9.17) is 0 Å². The Labute approximate surface area is 113 Å².